The first-order valence-corrected chi connectivity index (χ1v) is 7.55. The quantitative estimate of drug-likeness (QED) is 0.874. The molecule has 0 spiro atoms. The largest absolute Gasteiger partial charge is 0.481 e. The van der Waals surface area contributed by atoms with Crippen molar-refractivity contribution in [3.05, 3.63) is 35.4 Å². The van der Waals surface area contributed by atoms with Gasteiger partial charge in [-0.15, -0.1) is 0 Å². The molecule has 0 aliphatic heterocycles. The van der Waals surface area contributed by atoms with Crippen LogP contribution in [-0.2, 0) is 11.2 Å². The van der Waals surface area contributed by atoms with Gasteiger partial charge in [-0.25, -0.2) is 0 Å². The van der Waals surface area contributed by atoms with E-state index in [4.69, 9.17) is 5.26 Å². The third-order valence-electron chi connectivity index (χ3n) is 4.32. The number of amides is 1. The lowest BCUT2D eigenvalue weighted by Crippen LogP contribution is -2.44. The van der Waals surface area contributed by atoms with Crippen molar-refractivity contribution in [3.63, 3.8) is 0 Å². The zero-order valence-corrected chi connectivity index (χ0v) is 12.5. The molecular formula is C17H20N2O3. The lowest BCUT2D eigenvalue weighted by molar-refractivity contribution is -0.150. The second kappa shape index (κ2) is 7.08. The Bertz CT molecular complexity index is 598. The van der Waals surface area contributed by atoms with Crippen LogP contribution >= 0.6 is 0 Å². The Morgan fingerprint density at radius 2 is 2.00 bits per heavy atom. The molecule has 1 amide bonds. The van der Waals surface area contributed by atoms with Crippen molar-refractivity contribution >= 4 is 11.9 Å². The summed E-state index contributed by atoms with van der Waals surface area (Å²) in [6.45, 7) is 0.156. The number of carbonyl (C=O) groups is 2. The minimum absolute atomic E-state index is 0.156. The molecule has 2 N–H and O–H groups in total. The number of benzene rings is 1. The molecule has 0 unspecified atom stereocenters. The van der Waals surface area contributed by atoms with Gasteiger partial charge in [0.15, 0.2) is 0 Å². The normalized spacial score (nSPS) is 16.5. The Labute approximate surface area is 129 Å². The van der Waals surface area contributed by atoms with Crippen molar-refractivity contribution < 1.29 is 14.7 Å². The van der Waals surface area contributed by atoms with Crippen molar-refractivity contribution in [2.24, 2.45) is 5.41 Å². The van der Waals surface area contributed by atoms with Gasteiger partial charge in [-0.05, 0) is 30.5 Å². The highest BCUT2D eigenvalue weighted by Gasteiger charge is 2.39. The summed E-state index contributed by atoms with van der Waals surface area (Å²) in [5.74, 6) is -1.11. The van der Waals surface area contributed by atoms with Crippen molar-refractivity contribution in [1.82, 2.24) is 5.32 Å². The van der Waals surface area contributed by atoms with Gasteiger partial charge in [-0.3, -0.25) is 9.59 Å². The average Bonchev–Trinajstić information content (AvgIpc) is 2.54. The van der Waals surface area contributed by atoms with E-state index in [1.165, 1.54) is 0 Å². The fourth-order valence-electron chi connectivity index (χ4n) is 2.96. The summed E-state index contributed by atoms with van der Waals surface area (Å²) in [7, 11) is 0. The van der Waals surface area contributed by atoms with Gasteiger partial charge in [0.2, 0.25) is 0 Å². The number of aliphatic carboxylic acids is 1. The Morgan fingerprint density at radius 1 is 1.27 bits per heavy atom. The molecule has 22 heavy (non-hydrogen) atoms. The second-order valence-corrected chi connectivity index (χ2v) is 5.86. The van der Waals surface area contributed by atoms with Gasteiger partial charge in [0.05, 0.1) is 17.9 Å². The van der Waals surface area contributed by atoms with Crippen LogP contribution in [0.5, 0.6) is 0 Å². The first kappa shape index (κ1) is 16.0. The van der Waals surface area contributed by atoms with Crippen LogP contribution in [0.4, 0.5) is 0 Å². The van der Waals surface area contributed by atoms with Gasteiger partial charge in [0, 0.05) is 12.1 Å². The molecule has 0 heterocycles. The van der Waals surface area contributed by atoms with E-state index in [2.05, 4.69) is 5.32 Å². The molecule has 1 aliphatic rings. The summed E-state index contributed by atoms with van der Waals surface area (Å²) >= 11 is 0. The van der Waals surface area contributed by atoms with Crippen LogP contribution in [0.15, 0.2) is 24.3 Å². The van der Waals surface area contributed by atoms with Crippen LogP contribution in [0.1, 0.15) is 48.0 Å². The third-order valence-corrected chi connectivity index (χ3v) is 4.32. The molecule has 1 fully saturated rings. The van der Waals surface area contributed by atoms with Crippen molar-refractivity contribution in [3.8, 4) is 6.07 Å². The van der Waals surface area contributed by atoms with E-state index < -0.39 is 11.4 Å². The van der Waals surface area contributed by atoms with Gasteiger partial charge in [-0.1, -0.05) is 31.4 Å². The molecule has 116 valence electrons. The molecule has 0 aromatic heterocycles. The van der Waals surface area contributed by atoms with Crippen molar-refractivity contribution in [1.29, 1.82) is 5.26 Å². The van der Waals surface area contributed by atoms with E-state index in [-0.39, 0.29) is 18.9 Å². The number of nitrogens with one attached hydrogen (secondary N) is 1. The van der Waals surface area contributed by atoms with Crippen LogP contribution in [0.2, 0.25) is 0 Å². The molecule has 1 aliphatic carbocycles. The predicted molar refractivity (Wildman–Crippen MR) is 81.2 cm³/mol. The SMILES string of the molecule is N#CCc1cccc(C(=O)NCC2(C(=O)O)CCCCC2)c1. The number of nitriles is 1. The Hall–Kier alpha value is -2.35. The van der Waals surface area contributed by atoms with Crippen LogP contribution in [0, 0.1) is 16.7 Å². The van der Waals surface area contributed by atoms with Crippen LogP contribution in [-0.4, -0.2) is 23.5 Å². The number of carboxylic acids is 1. The molecule has 5 nitrogen and oxygen atoms in total. The first-order valence-electron chi connectivity index (χ1n) is 7.55. The Kier molecular flexibility index (Phi) is 5.16. The minimum Gasteiger partial charge on any atom is -0.481 e. The van der Waals surface area contributed by atoms with Gasteiger partial charge in [0.1, 0.15) is 0 Å². The van der Waals surface area contributed by atoms with E-state index in [0.29, 0.717) is 18.4 Å². The maximum absolute atomic E-state index is 12.2. The molecular weight excluding hydrogens is 280 g/mol. The predicted octanol–water partition coefficient (Wildman–Crippen LogP) is 2.52. The molecule has 1 aromatic carbocycles. The molecule has 2 rings (SSSR count). The molecule has 0 bridgehead atoms. The average molecular weight is 300 g/mol. The Balaban J connectivity index is 2.03. The maximum Gasteiger partial charge on any atom is 0.311 e. The molecule has 1 aromatic rings. The summed E-state index contributed by atoms with van der Waals surface area (Å²) in [6, 6.07) is 8.91. The number of rotatable bonds is 5. The molecule has 0 saturated heterocycles. The summed E-state index contributed by atoms with van der Waals surface area (Å²) in [4.78, 5) is 23.8. The van der Waals surface area contributed by atoms with E-state index >= 15 is 0 Å². The highest BCUT2D eigenvalue weighted by atomic mass is 16.4. The van der Waals surface area contributed by atoms with Crippen LogP contribution in [0.25, 0.3) is 0 Å². The highest BCUT2D eigenvalue weighted by molar-refractivity contribution is 5.94. The fraction of sp³-hybridized carbons (Fsp3) is 0.471. The fourth-order valence-corrected chi connectivity index (χ4v) is 2.96. The molecule has 5 heteroatoms. The van der Waals surface area contributed by atoms with Gasteiger partial charge in [0.25, 0.3) is 5.91 Å². The maximum atomic E-state index is 12.2. The molecule has 0 radical (unpaired) electrons. The summed E-state index contributed by atoms with van der Waals surface area (Å²) < 4.78 is 0. The summed E-state index contributed by atoms with van der Waals surface area (Å²) in [6.07, 6.45) is 4.30. The van der Waals surface area contributed by atoms with Gasteiger partial charge >= 0.3 is 5.97 Å². The first-order chi connectivity index (χ1) is 10.6. The zero-order chi connectivity index (χ0) is 16.0. The van der Waals surface area contributed by atoms with Crippen LogP contribution in [0.3, 0.4) is 0 Å². The van der Waals surface area contributed by atoms with Crippen molar-refractivity contribution in [2.75, 3.05) is 6.54 Å². The zero-order valence-electron chi connectivity index (χ0n) is 12.5. The van der Waals surface area contributed by atoms with E-state index in [1.807, 2.05) is 6.07 Å². The topological polar surface area (TPSA) is 90.2 Å². The summed E-state index contributed by atoms with van der Waals surface area (Å²) in [5.41, 5.74) is 0.405. The number of nitrogens with zero attached hydrogens (tertiary/aromatic N) is 1. The monoisotopic (exact) mass is 300 g/mol. The highest BCUT2D eigenvalue weighted by Crippen LogP contribution is 2.36. The second-order valence-electron chi connectivity index (χ2n) is 5.86. The summed E-state index contributed by atoms with van der Waals surface area (Å²) in [5, 5.41) is 21.0. The number of hydrogen-bond donors (Lipinski definition) is 2. The van der Waals surface area contributed by atoms with E-state index in [9.17, 15) is 14.7 Å². The van der Waals surface area contributed by atoms with Gasteiger partial charge in [-0.2, -0.15) is 5.26 Å². The molecule has 0 atom stereocenters. The number of hydrogen-bond acceptors (Lipinski definition) is 3. The Morgan fingerprint density at radius 3 is 2.64 bits per heavy atom. The lowest BCUT2D eigenvalue weighted by Gasteiger charge is -2.33. The lowest BCUT2D eigenvalue weighted by atomic mass is 9.74. The number of carboxylic acid groups (broad SMARTS) is 1. The molecule has 1 saturated carbocycles. The van der Waals surface area contributed by atoms with E-state index in [0.717, 1.165) is 24.8 Å². The minimum atomic E-state index is -0.835. The third kappa shape index (κ3) is 3.64. The van der Waals surface area contributed by atoms with E-state index in [1.54, 1.807) is 24.3 Å². The van der Waals surface area contributed by atoms with Crippen molar-refractivity contribution in [2.45, 2.75) is 38.5 Å². The van der Waals surface area contributed by atoms with Gasteiger partial charge < -0.3 is 10.4 Å². The standard InChI is InChI=1S/C17H20N2O3/c18-10-7-13-5-4-6-14(11-13)15(20)19-12-17(16(21)22)8-2-1-3-9-17/h4-6,11H,1-3,7-9,12H2,(H,19,20)(H,21,22). The smallest absolute Gasteiger partial charge is 0.311 e. The van der Waals surface area contributed by atoms with Crippen LogP contribution < -0.4 is 5.32 Å². The number of carbonyl (C=O) groups excluding carboxylic acids is 1.